The average molecular weight is 881 g/mol. The van der Waals surface area contributed by atoms with Gasteiger partial charge in [-0.25, -0.2) is 14.0 Å². The molecular weight excluding hydrogens is 804 g/mol. The molecule has 2 saturated carbocycles. The minimum atomic E-state index is -0.434. The van der Waals surface area contributed by atoms with Crippen LogP contribution in [0.1, 0.15) is 152 Å². The predicted molar refractivity (Wildman–Crippen MR) is 257 cm³/mol. The Labute approximate surface area is 383 Å². The van der Waals surface area contributed by atoms with Crippen molar-refractivity contribution in [1.29, 1.82) is 0 Å². The van der Waals surface area contributed by atoms with Crippen molar-refractivity contribution < 1.29 is 38.4 Å². The van der Waals surface area contributed by atoms with E-state index >= 15 is 4.39 Å². The number of benzene rings is 3. The monoisotopic (exact) mass is 881 g/mol. The van der Waals surface area contributed by atoms with Gasteiger partial charge < -0.3 is 24.4 Å². The molecule has 64 heavy (non-hydrogen) atoms. The van der Waals surface area contributed by atoms with Gasteiger partial charge in [0.05, 0.1) is 19.8 Å². The van der Waals surface area contributed by atoms with Gasteiger partial charge in [0.2, 0.25) is 0 Å². The second kappa shape index (κ2) is 26.0. The van der Waals surface area contributed by atoms with Crippen molar-refractivity contribution in [2.24, 2.45) is 23.7 Å². The van der Waals surface area contributed by atoms with E-state index in [9.17, 15) is 19.8 Å². The van der Waals surface area contributed by atoms with E-state index in [1.165, 1.54) is 64.2 Å². The zero-order valence-corrected chi connectivity index (χ0v) is 39.5. The molecule has 0 spiro atoms. The number of ether oxygens (including phenoxy) is 3. The molecule has 2 N–H and O–H groups in total. The van der Waals surface area contributed by atoms with Crippen molar-refractivity contribution in [3.05, 3.63) is 101 Å². The number of aryl methyl sites for hydroxylation is 3. The second-order valence-corrected chi connectivity index (χ2v) is 18.9. The van der Waals surface area contributed by atoms with Gasteiger partial charge >= 0.3 is 11.9 Å². The fourth-order valence-corrected chi connectivity index (χ4v) is 10.0. The minimum absolute atomic E-state index is 0.147. The Bertz CT molecular complexity index is 1930. The van der Waals surface area contributed by atoms with Crippen LogP contribution in [-0.4, -0.2) is 55.2 Å². The Morgan fingerprint density at radius 1 is 0.688 bits per heavy atom. The Hall–Kier alpha value is -4.27. The Kier molecular flexibility index (Phi) is 20.6. The second-order valence-electron chi connectivity index (χ2n) is 18.9. The molecule has 8 heteroatoms. The van der Waals surface area contributed by atoms with Gasteiger partial charge in [-0.2, -0.15) is 0 Å². The largest absolute Gasteiger partial charge is 0.493 e. The first-order valence-electron chi connectivity index (χ1n) is 24.5. The van der Waals surface area contributed by atoms with Crippen LogP contribution in [-0.2, 0) is 38.3 Å². The quantitative estimate of drug-likeness (QED) is 0.0496. The molecule has 2 aliphatic carbocycles. The highest BCUT2D eigenvalue weighted by Gasteiger charge is 2.31. The number of esters is 2. The molecule has 2 aliphatic rings. The van der Waals surface area contributed by atoms with Crippen LogP contribution in [0.3, 0.4) is 0 Å². The normalized spacial score (nSPS) is 18.8. The molecule has 0 saturated heterocycles. The van der Waals surface area contributed by atoms with E-state index < -0.39 is 11.9 Å². The van der Waals surface area contributed by atoms with Gasteiger partial charge in [-0.3, -0.25) is 0 Å². The molecule has 2 fully saturated rings. The van der Waals surface area contributed by atoms with E-state index in [0.717, 1.165) is 76.0 Å². The van der Waals surface area contributed by atoms with Gasteiger partial charge in [-0.15, -0.1) is 0 Å². The zero-order chi connectivity index (χ0) is 46.0. The minimum Gasteiger partial charge on any atom is -0.493 e. The van der Waals surface area contributed by atoms with Crippen LogP contribution in [0.5, 0.6) is 5.75 Å². The van der Waals surface area contributed by atoms with Crippen molar-refractivity contribution >= 4 is 11.9 Å². The third kappa shape index (κ3) is 14.6. The molecule has 0 bridgehead atoms. The fraction of sp³-hybridized carbons (Fsp3) is 0.571. The van der Waals surface area contributed by atoms with Crippen LogP contribution in [0.4, 0.5) is 4.39 Å². The first-order chi connectivity index (χ1) is 31.0. The van der Waals surface area contributed by atoms with Crippen LogP contribution in [0, 0.1) is 29.5 Å². The summed E-state index contributed by atoms with van der Waals surface area (Å²) in [6.07, 6.45) is 19.3. The Morgan fingerprint density at radius 3 is 1.78 bits per heavy atom. The van der Waals surface area contributed by atoms with Gasteiger partial charge in [0.25, 0.3) is 0 Å². The zero-order valence-electron chi connectivity index (χ0n) is 39.5. The topological polar surface area (TPSA) is 102 Å². The molecular formula is C56H77FO7. The number of halogens is 1. The number of carbonyl (C=O) groups excluding carboxylic acids is 2. The molecule has 5 rings (SSSR count). The molecule has 350 valence electrons. The summed E-state index contributed by atoms with van der Waals surface area (Å²) in [6.45, 7) is 15.4. The van der Waals surface area contributed by atoms with Crippen LogP contribution < -0.4 is 4.74 Å². The smallest absolute Gasteiger partial charge is 0.333 e. The van der Waals surface area contributed by atoms with E-state index in [0.29, 0.717) is 60.5 Å². The maximum atomic E-state index is 16.2. The Balaban J connectivity index is 1.35. The molecule has 0 heterocycles. The van der Waals surface area contributed by atoms with E-state index in [1.807, 2.05) is 12.1 Å². The van der Waals surface area contributed by atoms with E-state index in [4.69, 9.17) is 14.2 Å². The first-order valence-corrected chi connectivity index (χ1v) is 24.5. The summed E-state index contributed by atoms with van der Waals surface area (Å²) in [5.41, 5.74) is 8.20. The Morgan fingerprint density at radius 2 is 1.25 bits per heavy atom. The summed E-state index contributed by atoms with van der Waals surface area (Å²) in [7, 11) is 0. The molecule has 0 radical (unpaired) electrons. The maximum absolute atomic E-state index is 16.2. The highest BCUT2D eigenvalue weighted by molar-refractivity contribution is 5.87. The number of aliphatic hydroxyl groups excluding tert-OH is 2. The third-order valence-corrected chi connectivity index (χ3v) is 14.0. The van der Waals surface area contributed by atoms with Crippen LogP contribution >= 0.6 is 0 Å². The molecule has 0 aromatic heterocycles. The third-order valence-electron chi connectivity index (χ3n) is 14.0. The first kappa shape index (κ1) is 50.7. The van der Waals surface area contributed by atoms with Crippen molar-refractivity contribution in [2.45, 2.75) is 149 Å². The highest BCUT2D eigenvalue weighted by Crippen LogP contribution is 2.45. The number of carbonyl (C=O) groups is 2. The molecule has 7 nitrogen and oxygen atoms in total. The van der Waals surface area contributed by atoms with E-state index in [1.54, 1.807) is 19.9 Å². The molecule has 3 aromatic carbocycles. The lowest BCUT2D eigenvalue weighted by Crippen LogP contribution is -2.25. The highest BCUT2D eigenvalue weighted by atomic mass is 19.1. The summed E-state index contributed by atoms with van der Waals surface area (Å²) < 4.78 is 33.5. The lowest BCUT2D eigenvalue weighted by atomic mass is 9.68. The lowest BCUT2D eigenvalue weighted by Gasteiger charge is -2.38. The van der Waals surface area contributed by atoms with Gasteiger partial charge in [0, 0.05) is 35.8 Å². The summed E-state index contributed by atoms with van der Waals surface area (Å²) in [5.74, 6) is 2.41. The van der Waals surface area contributed by atoms with Gasteiger partial charge in [0.15, 0.2) is 0 Å². The summed E-state index contributed by atoms with van der Waals surface area (Å²) in [5, 5.41) is 19.4. The maximum Gasteiger partial charge on any atom is 0.333 e. The summed E-state index contributed by atoms with van der Waals surface area (Å²) in [6, 6.07) is 16.4. The number of hydrogen-bond acceptors (Lipinski definition) is 7. The van der Waals surface area contributed by atoms with Crippen LogP contribution in [0.15, 0.2) is 72.8 Å². The van der Waals surface area contributed by atoms with Crippen molar-refractivity contribution in [3.8, 4) is 28.0 Å². The van der Waals surface area contributed by atoms with Crippen molar-refractivity contribution in [1.82, 2.24) is 0 Å². The standard InChI is InChI=1S/C56H77FO7/c1-7-9-10-13-40-16-18-43(19-17-40)44-20-22-45(23-21-44)46-24-27-52(53(57)35-46)47-25-26-51(42(8-2)32-47)50-33-48(14-11-29-63-55(60)38(3)4)54(62-31-28-41(36-58)37-59)49(34-50)15-12-30-64-56(61)39(5)6/h24-27,32-35,40-41,43-45,58-59H,3,5,7-23,28-31,36-37H2,1-2,4,6H3. The van der Waals surface area contributed by atoms with E-state index in [-0.39, 0.29) is 44.8 Å². The molecule has 0 atom stereocenters. The van der Waals surface area contributed by atoms with Crippen LogP contribution in [0.25, 0.3) is 22.3 Å². The number of unbranched alkanes of at least 4 members (excludes halogenated alkanes) is 2. The number of hydrogen-bond donors (Lipinski definition) is 2. The van der Waals surface area contributed by atoms with Crippen molar-refractivity contribution in [2.75, 3.05) is 33.0 Å². The van der Waals surface area contributed by atoms with E-state index in [2.05, 4.69) is 57.3 Å². The molecule has 3 aromatic rings. The SMILES string of the molecule is C=C(C)C(=O)OCCCc1cc(-c2ccc(-c3ccc(C4CCC(C5CCC(CCCCC)CC5)CC4)cc3F)cc2CC)cc(CCCOC(=O)C(=C)C)c1OCCC(CO)CO. The fourth-order valence-electron chi connectivity index (χ4n) is 10.0. The van der Waals surface area contributed by atoms with Crippen LogP contribution in [0.2, 0.25) is 0 Å². The number of aliphatic hydroxyl groups is 2. The van der Waals surface area contributed by atoms with Gasteiger partial charge in [-0.05, 0) is 172 Å². The van der Waals surface area contributed by atoms with Gasteiger partial charge in [-0.1, -0.05) is 95.9 Å². The summed E-state index contributed by atoms with van der Waals surface area (Å²) in [4.78, 5) is 24.3. The molecule has 0 aliphatic heterocycles. The molecule has 0 amide bonds. The van der Waals surface area contributed by atoms with Gasteiger partial charge in [0.1, 0.15) is 11.6 Å². The predicted octanol–water partition coefficient (Wildman–Crippen LogP) is 12.9. The molecule has 0 unspecified atom stereocenters. The number of rotatable bonds is 25. The van der Waals surface area contributed by atoms with Crippen molar-refractivity contribution in [3.63, 3.8) is 0 Å². The summed E-state index contributed by atoms with van der Waals surface area (Å²) >= 11 is 0. The lowest BCUT2D eigenvalue weighted by molar-refractivity contribution is -0.139. The average Bonchev–Trinajstić information content (AvgIpc) is 3.30.